The molecule has 0 aromatic heterocycles. The predicted molar refractivity (Wildman–Crippen MR) is 173 cm³/mol. The zero-order chi connectivity index (χ0) is 31.3. The topological polar surface area (TPSA) is 85.4 Å². The molecule has 2 fully saturated rings. The number of carbonyl (C=O) groups excluding carboxylic acids is 3. The van der Waals surface area contributed by atoms with Crippen LogP contribution in [-0.2, 0) is 29.1 Å². The lowest BCUT2D eigenvalue weighted by molar-refractivity contribution is -0.157. The highest BCUT2D eigenvalue weighted by molar-refractivity contribution is 5.92. The van der Waals surface area contributed by atoms with Crippen LogP contribution in [0.4, 0.5) is 4.79 Å². The Kier molecular flexibility index (Phi) is 8.98. The molecule has 4 amide bonds. The first-order valence-electron chi connectivity index (χ1n) is 15.5. The monoisotopic (exact) mass is 605 g/mol. The van der Waals surface area contributed by atoms with Crippen LogP contribution in [0, 0.1) is 0 Å². The first kappa shape index (κ1) is 30.1. The Labute approximate surface area is 263 Å². The molecule has 4 aromatic rings. The van der Waals surface area contributed by atoms with Crippen LogP contribution < -0.4 is 10.1 Å². The maximum atomic E-state index is 14.2. The third kappa shape index (κ3) is 6.35. The van der Waals surface area contributed by atoms with Gasteiger partial charge >= 0.3 is 6.03 Å². The summed E-state index contributed by atoms with van der Waals surface area (Å²) < 4.78 is 5.25. The fourth-order valence-corrected chi connectivity index (χ4v) is 6.43. The highest BCUT2D eigenvalue weighted by atomic mass is 16.5. The lowest BCUT2D eigenvalue weighted by Gasteiger charge is -2.46. The van der Waals surface area contributed by atoms with Crippen LogP contribution in [-0.4, -0.2) is 76.6 Å². The zero-order valence-corrected chi connectivity index (χ0v) is 25.8. The van der Waals surface area contributed by atoms with Crippen molar-refractivity contribution in [3.8, 4) is 5.75 Å². The molecule has 0 unspecified atom stereocenters. The number of nitrogens with one attached hydrogen (secondary N) is 1. The molecule has 0 radical (unpaired) electrons. The van der Waals surface area contributed by atoms with Crippen molar-refractivity contribution in [2.45, 2.75) is 45.1 Å². The molecule has 2 saturated heterocycles. The Morgan fingerprint density at radius 1 is 0.911 bits per heavy atom. The number of hydrazine groups is 1. The maximum absolute atomic E-state index is 14.2. The van der Waals surface area contributed by atoms with Crippen molar-refractivity contribution in [2.75, 3.05) is 26.7 Å². The lowest BCUT2D eigenvalue weighted by atomic mass is 9.99. The van der Waals surface area contributed by atoms with Gasteiger partial charge < -0.3 is 19.9 Å². The maximum Gasteiger partial charge on any atom is 0.332 e. The Balaban J connectivity index is 1.29. The average molecular weight is 606 g/mol. The van der Waals surface area contributed by atoms with E-state index in [9.17, 15) is 14.4 Å². The Hall–Kier alpha value is -4.89. The van der Waals surface area contributed by atoms with Gasteiger partial charge in [-0.2, -0.15) is 5.01 Å². The largest absolute Gasteiger partial charge is 0.497 e. The fourth-order valence-electron chi connectivity index (χ4n) is 6.43. The molecule has 45 heavy (non-hydrogen) atoms. The summed E-state index contributed by atoms with van der Waals surface area (Å²) in [7, 11) is 1.62. The Morgan fingerprint density at radius 2 is 1.64 bits per heavy atom. The van der Waals surface area contributed by atoms with Crippen molar-refractivity contribution < 1.29 is 19.1 Å². The fraction of sp³-hybridized carbons (Fsp3) is 0.306. The molecular weight excluding hydrogens is 566 g/mol. The molecule has 6 rings (SSSR count). The molecule has 9 nitrogen and oxygen atoms in total. The van der Waals surface area contributed by atoms with E-state index in [0.29, 0.717) is 39.0 Å². The number of benzene rings is 4. The van der Waals surface area contributed by atoms with Crippen LogP contribution in [0.15, 0.2) is 97.1 Å². The van der Waals surface area contributed by atoms with E-state index in [1.165, 1.54) is 0 Å². The Bertz CT molecular complexity index is 1660. The van der Waals surface area contributed by atoms with Gasteiger partial charge in [0.15, 0.2) is 0 Å². The van der Waals surface area contributed by atoms with Gasteiger partial charge in [0.1, 0.15) is 18.0 Å². The van der Waals surface area contributed by atoms with Crippen LogP contribution in [0.5, 0.6) is 5.75 Å². The molecule has 2 aliphatic heterocycles. The minimum absolute atomic E-state index is 0.0291. The van der Waals surface area contributed by atoms with Gasteiger partial charge in [-0.1, -0.05) is 91.9 Å². The number of carbonyl (C=O) groups is 3. The van der Waals surface area contributed by atoms with Crippen molar-refractivity contribution >= 4 is 28.6 Å². The van der Waals surface area contributed by atoms with Gasteiger partial charge in [-0.15, -0.1) is 0 Å². The van der Waals surface area contributed by atoms with Crippen molar-refractivity contribution in [2.24, 2.45) is 0 Å². The molecule has 0 saturated carbocycles. The van der Waals surface area contributed by atoms with Gasteiger partial charge in [0, 0.05) is 26.1 Å². The quantitative estimate of drug-likeness (QED) is 0.281. The third-order valence-electron chi connectivity index (χ3n) is 8.66. The van der Waals surface area contributed by atoms with Crippen molar-refractivity contribution in [1.29, 1.82) is 0 Å². The van der Waals surface area contributed by atoms with Crippen LogP contribution in [0.25, 0.3) is 10.8 Å². The molecule has 4 aromatic carbocycles. The van der Waals surface area contributed by atoms with Crippen LogP contribution in [0.1, 0.15) is 30.0 Å². The number of rotatable bonds is 10. The standard InChI is InChI=1S/C36H39N5O4/c1-3-20-39(36(44)37-22-27-16-18-30(45-2)19-17-27)40-25-34(42)41-32(21-26-10-5-4-6-11-26)35(43)38(24-33(40)41)23-29-14-9-13-28-12-7-8-15-31(28)29/h4-19,32-33H,3,20-25H2,1-2H3,(H,37,44)/t32-,33+/m0/s1. The minimum atomic E-state index is -0.676. The summed E-state index contributed by atoms with van der Waals surface area (Å²) in [6.45, 7) is 3.52. The molecule has 0 aliphatic carbocycles. The number of fused-ring (bicyclic) bond motifs is 2. The highest BCUT2D eigenvalue weighted by Crippen LogP contribution is 2.31. The first-order chi connectivity index (χ1) is 22.0. The second-order valence-electron chi connectivity index (χ2n) is 11.6. The van der Waals surface area contributed by atoms with E-state index >= 15 is 0 Å². The van der Waals surface area contributed by atoms with Gasteiger partial charge in [-0.05, 0) is 46.0 Å². The summed E-state index contributed by atoms with van der Waals surface area (Å²) >= 11 is 0. The number of methoxy groups -OCH3 is 1. The van der Waals surface area contributed by atoms with E-state index < -0.39 is 12.2 Å². The first-order valence-corrected chi connectivity index (χ1v) is 15.5. The second kappa shape index (κ2) is 13.4. The lowest BCUT2D eigenvalue weighted by Crippen LogP contribution is -2.66. The van der Waals surface area contributed by atoms with E-state index in [0.717, 1.165) is 33.2 Å². The molecule has 2 heterocycles. The summed E-state index contributed by atoms with van der Waals surface area (Å²) in [5, 5.41) is 8.75. The van der Waals surface area contributed by atoms with Gasteiger partial charge in [0.05, 0.1) is 20.2 Å². The van der Waals surface area contributed by atoms with E-state index in [-0.39, 0.29) is 24.4 Å². The van der Waals surface area contributed by atoms with E-state index in [1.54, 1.807) is 17.0 Å². The van der Waals surface area contributed by atoms with Crippen molar-refractivity contribution in [3.63, 3.8) is 0 Å². The number of amides is 4. The number of piperazine rings is 1. The second-order valence-corrected chi connectivity index (χ2v) is 11.6. The third-order valence-corrected chi connectivity index (χ3v) is 8.66. The van der Waals surface area contributed by atoms with Gasteiger partial charge in [-0.25, -0.2) is 4.79 Å². The van der Waals surface area contributed by atoms with E-state index in [2.05, 4.69) is 29.6 Å². The number of hydrogen-bond acceptors (Lipinski definition) is 5. The van der Waals surface area contributed by atoms with Crippen LogP contribution >= 0.6 is 0 Å². The molecule has 232 valence electrons. The summed E-state index contributed by atoms with van der Waals surface area (Å²) in [4.78, 5) is 45.2. The van der Waals surface area contributed by atoms with E-state index in [4.69, 9.17) is 4.74 Å². The Morgan fingerprint density at radius 3 is 2.40 bits per heavy atom. The number of ether oxygens (including phenoxy) is 1. The molecule has 2 atom stereocenters. The number of nitrogens with zero attached hydrogens (tertiary/aromatic N) is 4. The van der Waals surface area contributed by atoms with Gasteiger partial charge in [-0.3, -0.25) is 14.6 Å². The van der Waals surface area contributed by atoms with Gasteiger partial charge in [0.2, 0.25) is 11.8 Å². The summed E-state index contributed by atoms with van der Waals surface area (Å²) in [6.07, 6.45) is 0.635. The molecule has 1 N–H and O–H groups in total. The van der Waals surface area contributed by atoms with Crippen molar-refractivity contribution in [3.05, 3.63) is 114 Å². The molecule has 9 heteroatoms. The highest BCUT2D eigenvalue weighted by Gasteiger charge is 2.52. The van der Waals surface area contributed by atoms with Crippen LogP contribution in [0.2, 0.25) is 0 Å². The molecular formula is C36H39N5O4. The van der Waals surface area contributed by atoms with E-state index in [1.807, 2.05) is 89.6 Å². The number of urea groups is 1. The minimum Gasteiger partial charge on any atom is -0.497 e. The SMILES string of the molecule is CCCN(C(=O)NCc1ccc(OC)cc1)N1CC(=O)N2[C@@H](Cc3ccccc3)C(=O)N(Cc3cccc4ccccc34)C[C@@H]21. The summed E-state index contributed by atoms with van der Waals surface area (Å²) in [5.41, 5.74) is 2.97. The normalized spacial score (nSPS) is 18.3. The summed E-state index contributed by atoms with van der Waals surface area (Å²) in [5.74, 6) is 0.519. The smallest absolute Gasteiger partial charge is 0.332 e. The molecule has 2 aliphatic rings. The number of hydrogen-bond donors (Lipinski definition) is 1. The van der Waals surface area contributed by atoms with Crippen molar-refractivity contribution in [1.82, 2.24) is 25.1 Å². The predicted octanol–water partition coefficient (Wildman–Crippen LogP) is 4.81. The zero-order valence-electron chi connectivity index (χ0n) is 25.8. The average Bonchev–Trinajstić information content (AvgIpc) is 3.40. The molecule has 0 bridgehead atoms. The van der Waals surface area contributed by atoms with Gasteiger partial charge in [0.25, 0.3) is 0 Å². The van der Waals surface area contributed by atoms with Crippen LogP contribution in [0.3, 0.4) is 0 Å². The summed E-state index contributed by atoms with van der Waals surface area (Å²) in [6, 6.07) is 30.7. The molecule has 0 spiro atoms.